The van der Waals surface area contributed by atoms with E-state index in [0.717, 1.165) is 6.42 Å². The second-order valence-electron chi connectivity index (χ2n) is 4.67. The van der Waals surface area contributed by atoms with Gasteiger partial charge in [0.1, 0.15) is 4.90 Å². The van der Waals surface area contributed by atoms with E-state index < -0.39 is 10.0 Å². The van der Waals surface area contributed by atoms with Crippen LogP contribution in [0, 0.1) is 5.92 Å². The molecule has 102 valence electrons. The lowest BCUT2D eigenvalue weighted by Gasteiger charge is -2.17. The summed E-state index contributed by atoms with van der Waals surface area (Å²) >= 11 is 0. The number of hydrazine groups is 1. The number of rotatable bonds is 6. The molecular formula is C11H20N4O2S. The molecule has 0 fully saturated rings. The number of nitrogen functional groups attached to an aromatic ring is 1. The summed E-state index contributed by atoms with van der Waals surface area (Å²) in [6.45, 7) is 5.92. The summed E-state index contributed by atoms with van der Waals surface area (Å²) in [6, 6.07) is 1.38. The molecule has 6 nitrogen and oxygen atoms in total. The van der Waals surface area contributed by atoms with Crippen molar-refractivity contribution in [2.24, 2.45) is 11.8 Å². The number of anilines is 1. The molecule has 0 aliphatic rings. The Morgan fingerprint density at radius 1 is 1.39 bits per heavy atom. The largest absolute Gasteiger partial charge is 0.323 e. The predicted molar refractivity (Wildman–Crippen MR) is 71.3 cm³/mol. The molecule has 0 amide bonds. The Morgan fingerprint density at radius 2 is 2.06 bits per heavy atom. The van der Waals surface area contributed by atoms with Gasteiger partial charge in [-0.05, 0) is 25.3 Å². The topological polar surface area (TPSA) is 97.1 Å². The van der Waals surface area contributed by atoms with Crippen LogP contribution >= 0.6 is 0 Å². The summed E-state index contributed by atoms with van der Waals surface area (Å²) in [5.41, 5.74) is 2.68. The first-order chi connectivity index (χ1) is 8.36. The maximum absolute atomic E-state index is 12.2. The summed E-state index contributed by atoms with van der Waals surface area (Å²) in [5.74, 6) is 5.71. The van der Waals surface area contributed by atoms with Gasteiger partial charge in [0.15, 0.2) is 0 Å². The van der Waals surface area contributed by atoms with Crippen LogP contribution in [-0.2, 0) is 10.0 Å². The van der Waals surface area contributed by atoms with Crippen molar-refractivity contribution in [1.29, 1.82) is 0 Å². The van der Waals surface area contributed by atoms with Crippen LogP contribution in [0.3, 0.4) is 0 Å². The second kappa shape index (κ2) is 6.12. The van der Waals surface area contributed by atoms with Crippen LogP contribution in [0.4, 0.5) is 5.69 Å². The van der Waals surface area contributed by atoms with Crippen LogP contribution in [0.1, 0.15) is 27.2 Å². The lowest BCUT2D eigenvalue weighted by molar-refractivity contribution is 0.482. The number of hydrogen-bond acceptors (Lipinski definition) is 5. The van der Waals surface area contributed by atoms with Gasteiger partial charge in [-0.2, -0.15) is 0 Å². The maximum atomic E-state index is 12.2. The highest BCUT2D eigenvalue weighted by Crippen LogP contribution is 2.19. The van der Waals surface area contributed by atoms with Gasteiger partial charge >= 0.3 is 0 Å². The van der Waals surface area contributed by atoms with Crippen LogP contribution in [0.5, 0.6) is 0 Å². The Bertz CT molecular complexity index is 488. The molecule has 0 radical (unpaired) electrons. The SMILES string of the molecule is CC(C)CC(C)NS(=O)(=O)c1cnccc1NN. The zero-order valence-corrected chi connectivity index (χ0v) is 11.7. The quantitative estimate of drug-likeness (QED) is 0.532. The molecule has 0 saturated carbocycles. The van der Waals surface area contributed by atoms with Crippen molar-refractivity contribution in [1.82, 2.24) is 9.71 Å². The van der Waals surface area contributed by atoms with Crippen molar-refractivity contribution in [2.45, 2.75) is 38.1 Å². The highest BCUT2D eigenvalue weighted by molar-refractivity contribution is 7.89. The average Bonchev–Trinajstić information content (AvgIpc) is 2.27. The molecule has 1 aromatic rings. The van der Waals surface area contributed by atoms with Crippen LogP contribution < -0.4 is 16.0 Å². The molecule has 7 heteroatoms. The third-order valence-electron chi connectivity index (χ3n) is 2.41. The zero-order chi connectivity index (χ0) is 13.8. The summed E-state index contributed by atoms with van der Waals surface area (Å²) < 4.78 is 26.9. The second-order valence-corrected chi connectivity index (χ2v) is 6.35. The van der Waals surface area contributed by atoms with Gasteiger partial charge in [-0.1, -0.05) is 13.8 Å². The van der Waals surface area contributed by atoms with E-state index in [4.69, 9.17) is 5.84 Å². The standard InChI is InChI=1S/C11H20N4O2S/c1-8(2)6-9(3)15-18(16,17)11-7-13-5-4-10(11)14-12/h4-5,7-9,15H,6,12H2,1-3H3,(H,13,14). The lowest BCUT2D eigenvalue weighted by atomic mass is 10.1. The number of aromatic nitrogens is 1. The molecule has 0 bridgehead atoms. The molecule has 18 heavy (non-hydrogen) atoms. The Hall–Kier alpha value is -1.18. The predicted octanol–water partition coefficient (Wildman–Crippen LogP) is 1.08. The third kappa shape index (κ3) is 3.94. The van der Waals surface area contributed by atoms with E-state index in [0.29, 0.717) is 11.6 Å². The fourth-order valence-corrected chi connectivity index (χ4v) is 3.17. The third-order valence-corrected chi connectivity index (χ3v) is 4.03. The lowest BCUT2D eigenvalue weighted by Crippen LogP contribution is -2.34. The van der Waals surface area contributed by atoms with Crippen LogP contribution in [-0.4, -0.2) is 19.4 Å². The molecule has 4 N–H and O–H groups in total. The van der Waals surface area contributed by atoms with Crippen LogP contribution in [0.25, 0.3) is 0 Å². The Morgan fingerprint density at radius 3 is 2.61 bits per heavy atom. The van der Waals surface area contributed by atoms with Gasteiger partial charge in [0.25, 0.3) is 0 Å². The number of sulfonamides is 1. The number of nitrogens with zero attached hydrogens (tertiary/aromatic N) is 1. The molecule has 0 aliphatic heterocycles. The first kappa shape index (κ1) is 14.9. The summed E-state index contributed by atoms with van der Waals surface area (Å²) in [5, 5.41) is 0. The Labute approximate surface area is 108 Å². The van der Waals surface area contributed by atoms with Crippen molar-refractivity contribution < 1.29 is 8.42 Å². The van der Waals surface area contributed by atoms with E-state index in [1.807, 2.05) is 20.8 Å². The Kier molecular flexibility index (Phi) is 5.06. The van der Waals surface area contributed by atoms with Gasteiger partial charge in [0, 0.05) is 18.4 Å². The first-order valence-electron chi connectivity index (χ1n) is 5.79. The minimum atomic E-state index is -3.60. The van der Waals surface area contributed by atoms with Gasteiger partial charge in [-0.3, -0.25) is 10.8 Å². The van der Waals surface area contributed by atoms with Gasteiger partial charge in [0.05, 0.1) is 5.69 Å². The first-order valence-corrected chi connectivity index (χ1v) is 7.28. The molecule has 0 spiro atoms. The van der Waals surface area contributed by atoms with Crippen molar-refractivity contribution in [3.63, 3.8) is 0 Å². The van der Waals surface area contributed by atoms with Crippen molar-refractivity contribution >= 4 is 15.7 Å². The zero-order valence-electron chi connectivity index (χ0n) is 10.8. The Balaban J connectivity index is 2.93. The van der Waals surface area contributed by atoms with E-state index in [9.17, 15) is 8.42 Å². The molecule has 1 aromatic heterocycles. The maximum Gasteiger partial charge on any atom is 0.244 e. The molecule has 1 heterocycles. The molecule has 1 atom stereocenters. The van der Waals surface area contributed by atoms with E-state index in [1.54, 1.807) is 0 Å². The van der Waals surface area contributed by atoms with E-state index >= 15 is 0 Å². The monoisotopic (exact) mass is 272 g/mol. The number of hydrogen-bond donors (Lipinski definition) is 3. The number of pyridine rings is 1. The van der Waals surface area contributed by atoms with Gasteiger partial charge in [-0.15, -0.1) is 0 Å². The molecule has 0 aliphatic carbocycles. The fourth-order valence-electron chi connectivity index (χ4n) is 1.80. The minimum absolute atomic E-state index is 0.0584. The van der Waals surface area contributed by atoms with E-state index in [2.05, 4.69) is 15.1 Å². The van der Waals surface area contributed by atoms with E-state index in [1.165, 1.54) is 18.5 Å². The van der Waals surface area contributed by atoms with Crippen LogP contribution in [0.15, 0.2) is 23.4 Å². The average molecular weight is 272 g/mol. The fraction of sp³-hybridized carbons (Fsp3) is 0.545. The molecular weight excluding hydrogens is 252 g/mol. The minimum Gasteiger partial charge on any atom is -0.323 e. The molecule has 1 rings (SSSR count). The normalized spacial score (nSPS) is 13.6. The molecule has 1 unspecified atom stereocenters. The van der Waals surface area contributed by atoms with Crippen molar-refractivity contribution in [3.05, 3.63) is 18.5 Å². The van der Waals surface area contributed by atoms with Gasteiger partial charge < -0.3 is 5.43 Å². The summed E-state index contributed by atoms with van der Waals surface area (Å²) in [7, 11) is -3.60. The van der Waals surface area contributed by atoms with E-state index in [-0.39, 0.29) is 10.9 Å². The number of nitrogens with two attached hydrogens (primary N) is 1. The summed E-state index contributed by atoms with van der Waals surface area (Å²) in [6.07, 6.45) is 3.52. The molecule has 0 saturated heterocycles. The highest BCUT2D eigenvalue weighted by atomic mass is 32.2. The molecule has 0 aromatic carbocycles. The number of nitrogens with one attached hydrogen (secondary N) is 2. The smallest absolute Gasteiger partial charge is 0.244 e. The van der Waals surface area contributed by atoms with Gasteiger partial charge in [0.2, 0.25) is 10.0 Å². The highest BCUT2D eigenvalue weighted by Gasteiger charge is 2.21. The van der Waals surface area contributed by atoms with Crippen molar-refractivity contribution in [2.75, 3.05) is 5.43 Å². The van der Waals surface area contributed by atoms with Gasteiger partial charge in [-0.25, -0.2) is 13.1 Å². The summed E-state index contributed by atoms with van der Waals surface area (Å²) in [4.78, 5) is 3.87. The van der Waals surface area contributed by atoms with Crippen LogP contribution in [0.2, 0.25) is 0 Å². The van der Waals surface area contributed by atoms with Crippen molar-refractivity contribution in [3.8, 4) is 0 Å².